The van der Waals surface area contributed by atoms with Crippen molar-refractivity contribution in [3.8, 4) is 0 Å². The lowest BCUT2D eigenvalue weighted by atomic mass is 9.85. The van der Waals surface area contributed by atoms with E-state index in [-0.39, 0.29) is 11.9 Å². The Labute approximate surface area is 163 Å². The zero-order valence-electron chi connectivity index (χ0n) is 15.8. The molecule has 1 unspecified atom stereocenters. The molecule has 5 rings (SSSR count). The Bertz CT molecular complexity index is 956. The number of nitrogens with zero attached hydrogens (tertiary/aromatic N) is 4. The summed E-state index contributed by atoms with van der Waals surface area (Å²) in [6, 6.07) is 3.69. The van der Waals surface area contributed by atoms with Crippen LogP contribution in [-0.4, -0.2) is 42.5 Å². The minimum Gasteiger partial charge on any atom is -0.348 e. The van der Waals surface area contributed by atoms with Crippen LogP contribution >= 0.6 is 0 Å². The number of imidazole rings is 1. The van der Waals surface area contributed by atoms with E-state index in [1.165, 1.54) is 19.3 Å². The van der Waals surface area contributed by atoms with E-state index in [9.17, 15) is 4.79 Å². The SMILES string of the molecule is O=C(c1cn[nH]c1C1CCCCC1)N1CCc2[nH]cnc2C1c1cccnc1. The first-order valence-electron chi connectivity index (χ1n) is 10.1. The molecule has 7 nitrogen and oxygen atoms in total. The van der Waals surface area contributed by atoms with Crippen molar-refractivity contribution >= 4 is 5.91 Å². The zero-order valence-corrected chi connectivity index (χ0v) is 15.8. The van der Waals surface area contributed by atoms with Crippen LogP contribution in [0.3, 0.4) is 0 Å². The predicted octanol–water partition coefficient (Wildman–Crippen LogP) is 3.36. The van der Waals surface area contributed by atoms with Gasteiger partial charge in [0.2, 0.25) is 0 Å². The molecule has 0 radical (unpaired) electrons. The fraction of sp³-hybridized carbons (Fsp3) is 0.429. The Morgan fingerprint density at radius 2 is 2.07 bits per heavy atom. The average molecular weight is 376 g/mol. The first-order chi connectivity index (χ1) is 13.8. The Kier molecular flexibility index (Phi) is 4.43. The van der Waals surface area contributed by atoms with Gasteiger partial charge in [-0.1, -0.05) is 25.3 Å². The van der Waals surface area contributed by atoms with Crippen LogP contribution in [0.5, 0.6) is 0 Å². The molecular formula is C21H24N6O. The van der Waals surface area contributed by atoms with Crippen molar-refractivity contribution in [1.82, 2.24) is 30.0 Å². The van der Waals surface area contributed by atoms with E-state index in [1.807, 2.05) is 23.2 Å². The molecule has 1 amide bonds. The third kappa shape index (κ3) is 2.91. The monoisotopic (exact) mass is 376 g/mol. The summed E-state index contributed by atoms with van der Waals surface area (Å²) in [7, 11) is 0. The number of nitrogens with one attached hydrogen (secondary N) is 2. The molecule has 144 valence electrons. The molecule has 3 aromatic heterocycles. The van der Waals surface area contributed by atoms with Gasteiger partial charge in [-0.05, 0) is 24.5 Å². The molecule has 4 heterocycles. The van der Waals surface area contributed by atoms with Crippen molar-refractivity contribution in [3.05, 3.63) is 65.3 Å². The van der Waals surface area contributed by atoms with Gasteiger partial charge in [0, 0.05) is 37.0 Å². The van der Waals surface area contributed by atoms with Crippen molar-refractivity contribution in [2.24, 2.45) is 0 Å². The third-order valence-corrected chi connectivity index (χ3v) is 6.10. The van der Waals surface area contributed by atoms with Gasteiger partial charge in [0.25, 0.3) is 5.91 Å². The lowest BCUT2D eigenvalue weighted by molar-refractivity contribution is 0.0688. The van der Waals surface area contributed by atoms with Gasteiger partial charge in [0.15, 0.2) is 0 Å². The summed E-state index contributed by atoms with van der Waals surface area (Å²) >= 11 is 0. The highest BCUT2D eigenvalue weighted by Gasteiger charge is 2.36. The molecule has 1 saturated carbocycles. The number of carbonyl (C=O) groups excluding carboxylic acids is 1. The zero-order chi connectivity index (χ0) is 18.9. The maximum Gasteiger partial charge on any atom is 0.258 e. The second-order valence-electron chi connectivity index (χ2n) is 7.74. The molecule has 1 fully saturated rings. The third-order valence-electron chi connectivity index (χ3n) is 6.10. The number of pyridine rings is 1. The smallest absolute Gasteiger partial charge is 0.258 e. The maximum atomic E-state index is 13.6. The van der Waals surface area contributed by atoms with Crippen LogP contribution < -0.4 is 0 Å². The molecule has 0 aromatic carbocycles. The molecular weight excluding hydrogens is 352 g/mol. The van der Waals surface area contributed by atoms with Crippen LogP contribution in [0.2, 0.25) is 0 Å². The second kappa shape index (κ2) is 7.22. The molecule has 1 atom stereocenters. The molecule has 1 aliphatic heterocycles. The number of hydrogen-bond acceptors (Lipinski definition) is 4. The van der Waals surface area contributed by atoms with Crippen molar-refractivity contribution in [2.75, 3.05) is 6.54 Å². The molecule has 1 aliphatic carbocycles. The summed E-state index contributed by atoms with van der Waals surface area (Å²) in [5.74, 6) is 0.426. The van der Waals surface area contributed by atoms with E-state index < -0.39 is 0 Å². The average Bonchev–Trinajstić information content (AvgIpc) is 3.43. The summed E-state index contributed by atoms with van der Waals surface area (Å²) in [6.07, 6.45) is 13.7. The number of H-pyrrole nitrogens is 2. The van der Waals surface area contributed by atoms with Gasteiger partial charge >= 0.3 is 0 Å². The van der Waals surface area contributed by atoms with Crippen LogP contribution in [0.25, 0.3) is 0 Å². The van der Waals surface area contributed by atoms with Crippen LogP contribution in [0, 0.1) is 0 Å². The standard InChI is InChI=1S/C21H24N6O/c28-21(16-12-25-26-18(16)14-5-2-1-3-6-14)27-10-8-17-19(24-13-23-17)20(27)15-7-4-9-22-11-15/h4,7,9,11-14,20H,1-3,5-6,8,10H2,(H,23,24)(H,25,26). The van der Waals surface area contributed by atoms with Crippen LogP contribution in [0.15, 0.2) is 37.1 Å². The van der Waals surface area contributed by atoms with E-state index in [2.05, 4.69) is 25.1 Å². The number of aromatic amines is 2. The van der Waals surface area contributed by atoms with Gasteiger partial charge < -0.3 is 9.88 Å². The van der Waals surface area contributed by atoms with Crippen LogP contribution in [-0.2, 0) is 6.42 Å². The first kappa shape index (κ1) is 17.2. The van der Waals surface area contributed by atoms with Crippen molar-refractivity contribution in [2.45, 2.75) is 50.5 Å². The predicted molar refractivity (Wildman–Crippen MR) is 104 cm³/mol. The van der Waals surface area contributed by atoms with Crippen molar-refractivity contribution in [1.29, 1.82) is 0 Å². The molecule has 2 N–H and O–H groups in total. The number of carbonyl (C=O) groups is 1. The van der Waals surface area contributed by atoms with Crippen molar-refractivity contribution in [3.63, 3.8) is 0 Å². The number of amides is 1. The largest absolute Gasteiger partial charge is 0.348 e. The van der Waals surface area contributed by atoms with Crippen molar-refractivity contribution < 1.29 is 4.79 Å². The fourth-order valence-corrected chi connectivity index (χ4v) is 4.69. The van der Waals surface area contributed by atoms with Crippen LogP contribution in [0.4, 0.5) is 0 Å². The molecule has 2 aliphatic rings. The topological polar surface area (TPSA) is 90.6 Å². The normalized spacial score (nSPS) is 20.1. The van der Waals surface area contributed by atoms with Gasteiger partial charge in [-0.15, -0.1) is 0 Å². The Hall–Kier alpha value is -2.96. The summed E-state index contributed by atoms with van der Waals surface area (Å²) in [5, 5.41) is 7.37. The number of aromatic nitrogens is 5. The highest BCUT2D eigenvalue weighted by molar-refractivity contribution is 5.96. The quantitative estimate of drug-likeness (QED) is 0.733. The van der Waals surface area contributed by atoms with E-state index in [0.717, 1.165) is 41.9 Å². The minimum absolute atomic E-state index is 0.0248. The lowest BCUT2D eigenvalue weighted by Gasteiger charge is -2.35. The van der Waals surface area contributed by atoms with E-state index >= 15 is 0 Å². The van der Waals surface area contributed by atoms with Gasteiger partial charge in [0.05, 0.1) is 29.5 Å². The van der Waals surface area contributed by atoms with E-state index in [4.69, 9.17) is 0 Å². The highest BCUT2D eigenvalue weighted by Crippen LogP contribution is 2.37. The summed E-state index contributed by atoms with van der Waals surface area (Å²) in [5.41, 5.74) is 4.70. The van der Waals surface area contributed by atoms with Crippen LogP contribution in [0.1, 0.15) is 77.1 Å². The highest BCUT2D eigenvalue weighted by atomic mass is 16.2. The van der Waals surface area contributed by atoms with Gasteiger partial charge in [-0.3, -0.25) is 14.9 Å². The summed E-state index contributed by atoms with van der Waals surface area (Å²) < 4.78 is 0. The van der Waals surface area contributed by atoms with E-state index in [1.54, 1.807) is 18.7 Å². The molecule has 28 heavy (non-hydrogen) atoms. The second-order valence-corrected chi connectivity index (χ2v) is 7.74. The molecule has 0 spiro atoms. The first-order valence-corrected chi connectivity index (χ1v) is 10.1. The van der Waals surface area contributed by atoms with Gasteiger partial charge in [-0.2, -0.15) is 5.10 Å². The van der Waals surface area contributed by atoms with E-state index in [0.29, 0.717) is 18.0 Å². The molecule has 7 heteroatoms. The van der Waals surface area contributed by atoms with Gasteiger partial charge in [-0.25, -0.2) is 4.98 Å². The maximum absolute atomic E-state index is 13.6. The molecule has 0 saturated heterocycles. The van der Waals surface area contributed by atoms with Gasteiger partial charge in [0.1, 0.15) is 6.04 Å². The molecule has 3 aromatic rings. The molecule has 0 bridgehead atoms. The number of fused-ring (bicyclic) bond motifs is 1. The number of rotatable bonds is 3. The lowest BCUT2D eigenvalue weighted by Crippen LogP contribution is -2.41. The Morgan fingerprint density at radius 3 is 2.89 bits per heavy atom. The fourth-order valence-electron chi connectivity index (χ4n) is 4.69. The summed E-state index contributed by atoms with van der Waals surface area (Å²) in [6.45, 7) is 0.642. The Morgan fingerprint density at radius 1 is 1.18 bits per heavy atom. The Balaban J connectivity index is 1.52. The summed E-state index contributed by atoms with van der Waals surface area (Å²) in [4.78, 5) is 27.6. The number of hydrogen-bond donors (Lipinski definition) is 2. The minimum atomic E-state index is -0.231.